The van der Waals surface area contributed by atoms with E-state index >= 15 is 0 Å². The summed E-state index contributed by atoms with van der Waals surface area (Å²) >= 11 is 0. The van der Waals surface area contributed by atoms with E-state index < -0.39 is 5.97 Å². The monoisotopic (exact) mass is 267 g/mol. The SMILES string of the molecule is COC(=O)CCN(C)C(=O)c1cccc(OC)c1O. The van der Waals surface area contributed by atoms with Gasteiger partial charge in [0.2, 0.25) is 0 Å². The van der Waals surface area contributed by atoms with E-state index in [2.05, 4.69) is 4.74 Å². The minimum Gasteiger partial charge on any atom is -0.504 e. The minimum absolute atomic E-state index is 0.101. The van der Waals surface area contributed by atoms with Crippen molar-refractivity contribution in [2.24, 2.45) is 0 Å². The van der Waals surface area contributed by atoms with Crippen molar-refractivity contribution >= 4 is 11.9 Å². The lowest BCUT2D eigenvalue weighted by Gasteiger charge is -2.17. The number of phenols is 1. The highest BCUT2D eigenvalue weighted by Gasteiger charge is 2.18. The third kappa shape index (κ3) is 3.61. The number of nitrogens with zero attached hydrogens (tertiary/aromatic N) is 1. The molecule has 6 heteroatoms. The molecule has 0 aliphatic rings. The topological polar surface area (TPSA) is 76.1 Å². The second-order valence-corrected chi connectivity index (χ2v) is 3.91. The lowest BCUT2D eigenvalue weighted by molar-refractivity contribution is -0.140. The van der Waals surface area contributed by atoms with Crippen LogP contribution in [0.15, 0.2) is 18.2 Å². The Kier molecular flexibility index (Phi) is 5.17. The lowest BCUT2D eigenvalue weighted by Crippen LogP contribution is -2.29. The number of rotatable bonds is 5. The predicted molar refractivity (Wildman–Crippen MR) is 68.3 cm³/mol. The molecule has 1 N–H and O–H groups in total. The van der Waals surface area contributed by atoms with Crippen LogP contribution in [0.3, 0.4) is 0 Å². The van der Waals surface area contributed by atoms with Gasteiger partial charge in [0, 0.05) is 13.6 Å². The van der Waals surface area contributed by atoms with Gasteiger partial charge in [-0.15, -0.1) is 0 Å². The van der Waals surface area contributed by atoms with Gasteiger partial charge in [-0.2, -0.15) is 0 Å². The largest absolute Gasteiger partial charge is 0.504 e. The number of ether oxygens (including phenoxy) is 2. The molecule has 0 atom stereocenters. The normalized spacial score (nSPS) is 9.84. The Balaban J connectivity index is 2.80. The molecule has 0 saturated heterocycles. The van der Waals surface area contributed by atoms with E-state index in [0.29, 0.717) is 0 Å². The van der Waals surface area contributed by atoms with Crippen molar-refractivity contribution in [2.75, 3.05) is 27.8 Å². The number of hydrogen-bond acceptors (Lipinski definition) is 5. The highest BCUT2D eigenvalue weighted by atomic mass is 16.5. The standard InChI is InChI=1S/C13H17NO5/c1-14(8-7-11(15)19-3)13(17)9-5-4-6-10(18-2)12(9)16/h4-6,16H,7-8H2,1-3H3. The maximum Gasteiger partial charge on any atom is 0.307 e. The third-order valence-electron chi connectivity index (χ3n) is 2.68. The number of para-hydroxylation sites is 1. The second-order valence-electron chi connectivity index (χ2n) is 3.91. The average Bonchev–Trinajstić information content (AvgIpc) is 2.43. The fraction of sp³-hybridized carbons (Fsp3) is 0.385. The molecule has 19 heavy (non-hydrogen) atoms. The van der Waals surface area contributed by atoms with Crippen molar-refractivity contribution < 1.29 is 24.2 Å². The first-order valence-corrected chi connectivity index (χ1v) is 5.69. The summed E-state index contributed by atoms with van der Waals surface area (Å²) in [5, 5.41) is 9.87. The summed E-state index contributed by atoms with van der Waals surface area (Å²) in [4.78, 5) is 24.4. The van der Waals surface area contributed by atoms with E-state index in [9.17, 15) is 14.7 Å². The molecule has 0 aliphatic heterocycles. The van der Waals surface area contributed by atoms with E-state index in [4.69, 9.17) is 4.74 Å². The van der Waals surface area contributed by atoms with Crippen LogP contribution in [0.25, 0.3) is 0 Å². The quantitative estimate of drug-likeness (QED) is 0.806. The summed E-state index contributed by atoms with van der Waals surface area (Å²) in [7, 11) is 4.24. The highest BCUT2D eigenvalue weighted by Crippen LogP contribution is 2.29. The van der Waals surface area contributed by atoms with E-state index in [0.717, 1.165) is 0 Å². The molecule has 0 fully saturated rings. The van der Waals surface area contributed by atoms with E-state index in [-0.39, 0.29) is 35.9 Å². The zero-order valence-corrected chi connectivity index (χ0v) is 11.2. The Labute approximate surface area is 111 Å². The zero-order chi connectivity index (χ0) is 14.4. The van der Waals surface area contributed by atoms with E-state index in [1.54, 1.807) is 19.2 Å². The van der Waals surface area contributed by atoms with Gasteiger partial charge in [0.1, 0.15) is 0 Å². The van der Waals surface area contributed by atoms with Gasteiger partial charge in [-0.1, -0.05) is 6.07 Å². The Morgan fingerprint density at radius 2 is 2.00 bits per heavy atom. The van der Waals surface area contributed by atoms with Crippen LogP contribution in [-0.4, -0.2) is 49.7 Å². The maximum atomic E-state index is 12.1. The molecule has 6 nitrogen and oxygen atoms in total. The van der Waals surface area contributed by atoms with E-state index in [1.807, 2.05) is 0 Å². The van der Waals surface area contributed by atoms with Crippen molar-refractivity contribution in [1.82, 2.24) is 4.90 Å². The number of phenolic OH excluding ortho intramolecular Hbond substituents is 1. The molecule has 1 aromatic carbocycles. The van der Waals surface area contributed by atoms with Gasteiger partial charge in [-0.3, -0.25) is 9.59 Å². The molecule has 1 amide bonds. The van der Waals surface area contributed by atoms with Gasteiger partial charge in [-0.25, -0.2) is 0 Å². The van der Waals surface area contributed by atoms with Crippen molar-refractivity contribution in [3.05, 3.63) is 23.8 Å². The Morgan fingerprint density at radius 3 is 2.58 bits per heavy atom. The third-order valence-corrected chi connectivity index (χ3v) is 2.68. The van der Waals surface area contributed by atoms with Crippen LogP contribution in [0.1, 0.15) is 16.8 Å². The number of benzene rings is 1. The van der Waals surface area contributed by atoms with Crippen LogP contribution in [0.5, 0.6) is 11.5 Å². The number of carbonyl (C=O) groups is 2. The number of esters is 1. The highest BCUT2D eigenvalue weighted by molar-refractivity contribution is 5.97. The summed E-state index contributed by atoms with van der Waals surface area (Å²) in [6.45, 7) is 0.210. The Bertz CT molecular complexity index is 472. The van der Waals surface area contributed by atoms with Crippen LogP contribution in [0, 0.1) is 0 Å². The molecule has 0 aromatic heterocycles. The Morgan fingerprint density at radius 1 is 1.32 bits per heavy atom. The van der Waals surface area contributed by atoms with Crippen LogP contribution < -0.4 is 4.74 Å². The molecule has 0 spiro atoms. The van der Waals surface area contributed by atoms with Gasteiger partial charge >= 0.3 is 5.97 Å². The number of amides is 1. The average molecular weight is 267 g/mol. The van der Waals surface area contributed by atoms with Crippen molar-refractivity contribution in [1.29, 1.82) is 0 Å². The van der Waals surface area contributed by atoms with Gasteiger partial charge in [0.15, 0.2) is 11.5 Å². The van der Waals surface area contributed by atoms with Gasteiger partial charge < -0.3 is 19.5 Å². The Hall–Kier alpha value is -2.24. The number of hydrogen-bond donors (Lipinski definition) is 1. The predicted octanol–water partition coefficient (Wildman–Crippen LogP) is 1.04. The van der Waals surface area contributed by atoms with Crippen LogP contribution in [-0.2, 0) is 9.53 Å². The van der Waals surface area contributed by atoms with Crippen LogP contribution >= 0.6 is 0 Å². The van der Waals surface area contributed by atoms with Crippen molar-refractivity contribution in [2.45, 2.75) is 6.42 Å². The number of aromatic hydroxyl groups is 1. The molecule has 104 valence electrons. The van der Waals surface area contributed by atoms with Crippen LogP contribution in [0.2, 0.25) is 0 Å². The summed E-state index contributed by atoms with van der Waals surface area (Å²) in [5.41, 5.74) is 0.131. The molecule has 1 rings (SSSR count). The number of carbonyl (C=O) groups excluding carboxylic acids is 2. The molecular weight excluding hydrogens is 250 g/mol. The van der Waals surface area contributed by atoms with Gasteiger partial charge in [0.25, 0.3) is 5.91 Å². The van der Waals surface area contributed by atoms with Crippen LogP contribution in [0.4, 0.5) is 0 Å². The van der Waals surface area contributed by atoms with Crippen molar-refractivity contribution in [3.63, 3.8) is 0 Å². The molecular formula is C13H17NO5. The van der Waals surface area contributed by atoms with Gasteiger partial charge in [0.05, 0.1) is 26.2 Å². The summed E-state index contributed by atoms with van der Waals surface area (Å²) in [5.74, 6) is -0.762. The fourth-order valence-electron chi connectivity index (χ4n) is 1.53. The maximum absolute atomic E-state index is 12.1. The molecule has 0 saturated carbocycles. The smallest absolute Gasteiger partial charge is 0.307 e. The molecule has 0 heterocycles. The first-order chi connectivity index (χ1) is 9.01. The summed E-state index contributed by atoms with van der Waals surface area (Å²) in [6, 6.07) is 4.66. The summed E-state index contributed by atoms with van der Waals surface area (Å²) < 4.78 is 9.44. The molecule has 0 bridgehead atoms. The molecule has 0 unspecified atom stereocenters. The first-order valence-electron chi connectivity index (χ1n) is 5.69. The molecule has 0 radical (unpaired) electrons. The first kappa shape index (κ1) is 14.8. The minimum atomic E-state index is -0.394. The zero-order valence-electron chi connectivity index (χ0n) is 11.2. The van der Waals surface area contributed by atoms with Gasteiger partial charge in [-0.05, 0) is 12.1 Å². The second kappa shape index (κ2) is 6.63. The van der Waals surface area contributed by atoms with Crippen molar-refractivity contribution in [3.8, 4) is 11.5 Å². The van der Waals surface area contributed by atoms with E-state index in [1.165, 1.54) is 25.2 Å². The fourth-order valence-corrected chi connectivity index (χ4v) is 1.53. The number of methoxy groups -OCH3 is 2. The lowest BCUT2D eigenvalue weighted by atomic mass is 10.1. The molecule has 1 aromatic rings. The molecule has 0 aliphatic carbocycles. The summed E-state index contributed by atoms with van der Waals surface area (Å²) in [6.07, 6.45) is 0.101.